The molecule has 2 N–H and O–H groups in total. The molecule has 0 aromatic heterocycles. The molecule has 1 aliphatic rings. The zero-order chi connectivity index (χ0) is 21.0. The van der Waals surface area contributed by atoms with E-state index < -0.39 is 11.9 Å². The van der Waals surface area contributed by atoms with Crippen LogP contribution in [0.3, 0.4) is 0 Å². The van der Waals surface area contributed by atoms with Gasteiger partial charge in [-0.15, -0.1) is 0 Å². The van der Waals surface area contributed by atoms with Gasteiger partial charge in [0, 0.05) is 18.0 Å². The number of hydrogen-bond donors (Lipinski definition) is 1. The predicted molar refractivity (Wildman–Crippen MR) is 113 cm³/mol. The highest BCUT2D eigenvalue weighted by atomic mass is 35.5. The third kappa shape index (κ3) is 5.15. The van der Waals surface area contributed by atoms with Crippen LogP contribution in [0.5, 0.6) is 0 Å². The van der Waals surface area contributed by atoms with E-state index in [2.05, 4.69) is 17.3 Å². The maximum atomic E-state index is 11.9. The van der Waals surface area contributed by atoms with Crippen molar-refractivity contribution in [2.24, 2.45) is 16.8 Å². The summed E-state index contributed by atoms with van der Waals surface area (Å²) in [5.41, 5.74) is 9.39. The van der Waals surface area contributed by atoms with Crippen LogP contribution in [-0.4, -0.2) is 30.8 Å². The van der Waals surface area contributed by atoms with Gasteiger partial charge in [0.05, 0.1) is 12.8 Å². The first-order chi connectivity index (χ1) is 13.9. The Morgan fingerprint density at radius 1 is 1.28 bits per heavy atom. The Hall–Kier alpha value is -2.41. The van der Waals surface area contributed by atoms with Crippen molar-refractivity contribution in [3.63, 3.8) is 0 Å². The second kappa shape index (κ2) is 9.39. The van der Waals surface area contributed by atoms with Crippen LogP contribution < -0.4 is 5.73 Å². The van der Waals surface area contributed by atoms with E-state index in [4.69, 9.17) is 27.0 Å². The zero-order valence-corrected chi connectivity index (χ0v) is 17.6. The molecule has 29 heavy (non-hydrogen) atoms. The highest BCUT2D eigenvalue weighted by Crippen LogP contribution is 2.48. The number of hydrogen-bond acceptors (Lipinski definition) is 5. The number of rotatable bonds is 9. The number of carbonyl (C=O) groups excluding carboxylic acids is 1. The maximum absolute atomic E-state index is 11.9. The number of primary amides is 1. The average Bonchev–Trinajstić information content (AvgIpc) is 3.50. The number of carbonyl (C=O) groups is 1. The normalized spacial score (nSPS) is 19.8. The molecule has 2 aromatic carbocycles. The molecule has 0 saturated heterocycles. The standard InChI is InChI=1S/C22H26ClN3O3/c1-14(19-12-20(19)15-8-10-17(23)11-9-15)25-29-13-16-6-4-5-7-18(16)21(22(24)27)26(2)28-3/h4-11,19-21H,12-13H2,1-3H3,(H2,24,27)/b25-14+. The molecule has 0 heterocycles. The topological polar surface area (TPSA) is 77.2 Å². The lowest BCUT2D eigenvalue weighted by atomic mass is 10.00. The van der Waals surface area contributed by atoms with Crippen molar-refractivity contribution in [3.05, 3.63) is 70.2 Å². The van der Waals surface area contributed by atoms with E-state index in [1.165, 1.54) is 17.7 Å². The summed E-state index contributed by atoms with van der Waals surface area (Å²) in [5, 5.41) is 6.48. The molecule has 1 amide bonds. The summed E-state index contributed by atoms with van der Waals surface area (Å²) < 4.78 is 0. The monoisotopic (exact) mass is 415 g/mol. The molecule has 6 nitrogen and oxygen atoms in total. The summed E-state index contributed by atoms with van der Waals surface area (Å²) in [6.45, 7) is 2.23. The van der Waals surface area contributed by atoms with E-state index in [1.54, 1.807) is 7.05 Å². The van der Waals surface area contributed by atoms with Gasteiger partial charge in [0.25, 0.3) is 0 Å². The second-order valence-corrected chi connectivity index (χ2v) is 7.68. The predicted octanol–water partition coefficient (Wildman–Crippen LogP) is 4.06. The minimum Gasteiger partial charge on any atom is -0.391 e. The van der Waals surface area contributed by atoms with Gasteiger partial charge in [0.15, 0.2) is 0 Å². The fourth-order valence-electron chi connectivity index (χ4n) is 3.57. The number of hydroxylamine groups is 2. The molecule has 1 fully saturated rings. The van der Waals surface area contributed by atoms with Gasteiger partial charge in [0.2, 0.25) is 5.91 Å². The molecular weight excluding hydrogens is 390 g/mol. The van der Waals surface area contributed by atoms with E-state index >= 15 is 0 Å². The summed E-state index contributed by atoms with van der Waals surface area (Å²) in [4.78, 5) is 22.8. The van der Waals surface area contributed by atoms with Gasteiger partial charge < -0.3 is 15.4 Å². The number of oxime groups is 1. The number of amides is 1. The Kier molecular flexibility index (Phi) is 6.90. The Bertz CT molecular complexity index is 885. The smallest absolute Gasteiger partial charge is 0.241 e. The first-order valence-corrected chi connectivity index (χ1v) is 9.86. The van der Waals surface area contributed by atoms with Crippen LogP contribution in [0.2, 0.25) is 5.02 Å². The number of nitrogens with zero attached hydrogens (tertiary/aromatic N) is 2. The summed E-state index contributed by atoms with van der Waals surface area (Å²) in [6.07, 6.45) is 1.05. The molecule has 3 unspecified atom stereocenters. The van der Waals surface area contributed by atoms with Crippen LogP contribution >= 0.6 is 11.6 Å². The van der Waals surface area contributed by atoms with Crippen molar-refractivity contribution in [1.29, 1.82) is 0 Å². The van der Waals surface area contributed by atoms with E-state index in [9.17, 15) is 4.79 Å². The third-order valence-corrected chi connectivity index (χ3v) is 5.58. The molecule has 7 heteroatoms. The maximum Gasteiger partial charge on any atom is 0.241 e. The summed E-state index contributed by atoms with van der Waals surface area (Å²) in [7, 11) is 3.16. The van der Waals surface area contributed by atoms with Crippen LogP contribution in [0.1, 0.15) is 42.0 Å². The molecule has 0 bridgehead atoms. The molecule has 0 spiro atoms. The summed E-state index contributed by atoms with van der Waals surface area (Å²) >= 11 is 5.96. The average molecular weight is 416 g/mol. The van der Waals surface area contributed by atoms with Crippen LogP contribution in [0.4, 0.5) is 0 Å². The Morgan fingerprint density at radius 3 is 2.62 bits per heavy atom. The molecule has 1 aliphatic carbocycles. The molecule has 1 saturated carbocycles. The van der Waals surface area contributed by atoms with E-state index in [-0.39, 0.29) is 6.61 Å². The fraction of sp³-hybridized carbons (Fsp3) is 0.364. The van der Waals surface area contributed by atoms with Crippen molar-refractivity contribution in [2.45, 2.75) is 31.9 Å². The first kappa shape index (κ1) is 21.3. The van der Waals surface area contributed by atoms with Crippen LogP contribution in [0.25, 0.3) is 0 Å². The van der Waals surface area contributed by atoms with Crippen molar-refractivity contribution >= 4 is 23.2 Å². The molecule has 0 radical (unpaired) electrons. The van der Waals surface area contributed by atoms with Gasteiger partial charge >= 0.3 is 0 Å². The lowest BCUT2D eigenvalue weighted by Gasteiger charge is -2.25. The van der Waals surface area contributed by atoms with Crippen LogP contribution in [0.15, 0.2) is 53.7 Å². The Balaban J connectivity index is 1.65. The number of nitrogens with two attached hydrogens (primary N) is 1. The highest BCUT2D eigenvalue weighted by Gasteiger charge is 2.40. The molecule has 154 valence electrons. The van der Waals surface area contributed by atoms with Gasteiger partial charge in [-0.1, -0.05) is 53.2 Å². The molecule has 3 atom stereocenters. The molecule has 2 aromatic rings. The zero-order valence-electron chi connectivity index (χ0n) is 16.8. The van der Waals surface area contributed by atoms with Crippen molar-refractivity contribution in [2.75, 3.05) is 14.2 Å². The molecule has 0 aliphatic heterocycles. The summed E-state index contributed by atoms with van der Waals surface area (Å²) in [5.74, 6) is 0.344. The highest BCUT2D eigenvalue weighted by molar-refractivity contribution is 6.30. The Labute approximate surface area is 176 Å². The molecule has 3 rings (SSSR count). The number of halogens is 1. The minimum atomic E-state index is -0.706. The lowest BCUT2D eigenvalue weighted by Crippen LogP contribution is -2.35. The van der Waals surface area contributed by atoms with Crippen molar-refractivity contribution in [3.8, 4) is 0 Å². The van der Waals surface area contributed by atoms with Crippen LogP contribution in [-0.2, 0) is 21.1 Å². The van der Waals surface area contributed by atoms with E-state index in [0.717, 1.165) is 28.3 Å². The summed E-state index contributed by atoms with van der Waals surface area (Å²) in [6, 6.07) is 14.7. The van der Waals surface area contributed by atoms with Gasteiger partial charge in [-0.25, -0.2) is 0 Å². The first-order valence-electron chi connectivity index (χ1n) is 9.48. The van der Waals surface area contributed by atoms with E-state index in [1.807, 2.05) is 43.3 Å². The second-order valence-electron chi connectivity index (χ2n) is 7.24. The van der Waals surface area contributed by atoms with Crippen molar-refractivity contribution < 1.29 is 14.5 Å². The van der Waals surface area contributed by atoms with Gasteiger partial charge in [-0.2, -0.15) is 5.06 Å². The Morgan fingerprint density at radius 2 is 1.97 bits per heavy atom. The number of benzene rings is 2. The number of likely N-dealkylation sites (N-methyl/N-ethyl adjacent to an activating group) is 1. The lowest BCUT2D eigenvalue weighted by molar-refractivity contribution is -0.160. The SMILES string of the molecule is CON(C)C(C(N)=O)c1ccccc1CO/N=C(\C)C1CC1c1ccc(Cl)cc1. The van der Waals surface area contributed by atoms with Crippen LogP contribution in [0, 0.1) is 5.92 Å². The van der Waals surface area contributed by atoms with E-state index in [0.29, 0.717) is 11.8 Å². The fourth-order valence-corrected chi connectivity index (χ4v) is 3.70. The third-order valence-electron chi connectivity index (χ3n) is 5.32. The quantitative estimate of drug-likeness (QED) is 0.495. The van der Waals surface area contributed by atoms with Gasteiger partial charge in [-0.3, -0.25) is 4.79 Å². The van der Waals surface area contributed by atoms with Gasteiger partial charge in [-0.05, 0) is 48.1 Å². The van der Waals surface area contributed by atoms with Gasteiger partial charge in [0.1, 0.15) is 12.6 Å². The minimum absolute atomic E-state index is 0.243. The largest absolute Gasteiger partial charge is 0.391 e. The van der Waals surface area contributed by atoms with Crippen molar-refractivity contribution in [1.82, 2.24) is 5.06 Å². The molecular formula is C22H26ClN3O3.